The van der Waals surface area contributed by atoms with Crippen molar-refractivity contribution in [3.8, 4) is 0 Å². The minimum absolute atomic E-state index is 0.0569. The fraction of sp³-hybridized carbons (Fsp3) is 0.273. The molecule has 1 amide bonds. The van der Waals surface area contributed by atoms with Crippen molar-refractivity contribution in [1.82, 2.24) is 25.5 Å². The van der Waals surface area contributed by atoms with Crippen LogP contribution in [0.4, 0.5) is 0 Å². The molecule has 1 N–H and O–H groups in total. The van der Waals surface area contributed by atoms with Crippen molar-refractivity contribution >= 4 is 18.5 Å². The summed E-state index contributed by atoms with van der Waals surface area (Å²) in [5.74, 6) is -0.158. The number of nitrogens with one attached hydrogen (secondary N) is 1. The van der Waals surface area contributed by atoms with Crippen molar-refractivity contribution in [2.24, 2.45) is 0 Å². The summed E-state index contributed by atoms with van der Waals surface area (Å²) in [5.41, 5.74) is 1.05. The van der Waals surface area contributed by atoms with E-state index in [1.54, 1.807) is 0 Å². The highest BCUT2D eigenvalue weighted by Gasteiger charge is 2.11. The standard InChI is InChI=1S/C11H13N5OS/c1-8(9-5-3-2-4-6-9)12-10(17)7-16-11(18)13-14-15-16/h2-6,8H,7H2,1H3,(H,12,17)(H,13,15,18). The number of aromatic nitrogens is 4. The number of carbonyl (C=O) groups is 1. The molecule has 18 heavy (non-hydrogen) atoms. The van der Waals surface area contributed by atoms with Crippen LogP contribution in [0.15, 0.2) is 35.5 Å². The molecule has 94 valence electrons. The van der Waals surface area contributed by atoms with E-state index in [1.165, 1.54) is 4.68 Å². The number of benzene rings is 1. The molecule has 7 heteroatoms. The Morgan fingerprint density at radius 1 is 1.44 bits per heavy atom. The van der Waals surface area contributed by atoms with Gasteiger partial charge in [0, 0.05) is 0 Å². The van der Waals surface area contributed by atoms with Crippen molar-refractivity contribution in [2.45, 2.75) is 24.7 Å². The fourth-order valence-electron chi connectivity index (χ4n) is 1.55. The molecule has 0 aliphatic carbocycles. The first-order valence-electron chi connectivity index (χ1n) is 5.46. The minimum atomic E-state index is -0.158. The molecule has 2 rings (SSSR count). The van der Waals surface area contributed by atoms with Crippen molar-refractivity contribution in [3.63, 3.8) is 0 Å². The molecule has 0 saturated carbocycles. The van der Waals surface area contributed by atoms with Crippen molar-refractivity contribution in [1.29, 1.82) is 0 Å². The molecular formula is C11H13N5OS. The summed E-state index contributed by atoms with van der Waals surface area (Å²) in [6.07, 6.45) is 0. The molecule has 1 heterocycles. The maximum Gasteiger partial charge on any atom is 0.242 e. The second-order valence-corrected chi connectivity index (χ2v) is 4.24. The van der Waals surface area contributed by atoms with E-state index in [0.29, 0.717) is 5.16 Å². The van der Waals surface area contributed by atoms with Gasteiger partial charge in [0.1, 0.15) is 6.54 Å². The van der Waals surface area contributed by atoms with Crippen molar-refractivity contribution in [3.05, 3.63) is 35.9 Å². The Hall–Kier alpha value is -1.89. The zero-order valence-corrected chi connectivity index (χ0v) is 10.7. The predicted molar refractivity (Wildman–Crippen MR) is 68.1 cm³/mol. The van der Waals surface area contributed by atoms with Gasteiger partial charge in [0.05, 0.1) is 6.04 Å². The lowest BCUT2D eigenvalue weighted by atomic mass is 10.1. The molecular weight excluding hydrogens is 250 g/mol. The first-order valence-corrected chi connectivity index (χ1v) is 5.91. The zero-order valence-electron chi connectivity index (χ0n) is 9.82. The van der Waals surface area contributed by atoms with Crippen LogP contribution in [0.25, 0.3) is 0 Å². The van der Waals surface area contributed by atoms with E-state index >= 15 is 0 Å². The van der Waals surface area contributed by atoms with E-state index in [9.17, 15) is 4.79 Å². The van der Waals surface area contributed by atoms with Crippen LogP contribution in [0.1, 0.15) is 18.5 Å². The Balaban J connectivity index is 1.94. The number of hydrogen-bond donors (Lipinski definition) is 2. The maximum absolute atomic E-state index is 11.8. The largest absolute Gasteiger partial charge is 0.348 e. The summed E-state index contributed by atoms with van der Waals surface area (Å²) in [4.78, 5) is 11.8. The third-order valence-electron chi connectivity index (χ3n) is 2.48. The molecule has 0 spiro atoms. The molecule has 2 aromatic rings. The van der Waals surface area contributed by atoms with Crippen LogP contribution in [0.3, 0.4) is 0 Å². The number of tetrazole rings is 1. The van der Waals surface area contributed by atoms with Crippen LogP contribution in [-0.2, 0) is 11.3 Å². The molecule has 0 radical (unpaired) electrons. The lowest BCUT2D eigenvalue weighted by Crippen LogP contribution is -2.30. The van der Waals surface area contributed by atoms with E-state index in [1.807, 2.05) is 37.3 Å². The number of nitrogens with zero attached hydrogens (tertiary/aromatic N) is 4. The zero-order chi connectivity index (χ0) is 13.0. The van der Waals surface area contributed by atoms with Gasteiger partial charge in [-0.05, 0) is 22.9 Å². The summed E-state index contributed by atoms with van der Waals surface area (Å²) in [6.45, 7) is 1.98. The summed E-state index contributed by atoms with van der Waals surface area (Å²) >= 11 is 4.03. The highest BCUT2D eigenvalue weighted by atomic mass is 32.1. The van der Waals surface area contributed by atoms with Crippen molar-refractivity contribution in [2.75, 3.05) is 0 Å². The van der Waals surface area contributed by atoms with Gasteiger partial charge in [0.15, 0.2) is 0 Å². The van der Waals surface area contributed by atoms with Crippen molar-refractivity contribution < 1.29 is 4.79 Å². The molecule has 0 aliphatic rings. The number of thiol groups is 1. The maximum atomic E-state index is 11.8. The number of rotatable bonds is 4. The molecule has 0 fully saturated rings. The minimum Gasteiger partial charge on any atom is -0.348 e. The average molecular weight is 263 g/mol. The van der Waals surface area contributed by atoms with Crippen LogP contribution in [0, 0.1) is 0 Å². The van der Waals surface area contributed by atoms with Gasteiger partial charge in [-0.3, -0.25) is 4.79 Å². The van der Waals surface area contributed by atoms with Gasteiger partial charge in [-0.2, -0.15) is 0 Å². The Bertz CT molecular complexity index is 527. The van der Waals surface area contributed by atoms with E-state index in [4.69, 9.17) is 0 Å². The highest BCUT2D eigenvalue weighted by Crippen LogP contribution is 2.10. The lowest BCUT2D eigenvalue weighted by Gasteiger charge is -2.14. The SMILES string of the molecule is CC(NC(=O)Cn1nnnc1S)c1ccccc1. The summed E-state index contributed by atoms with van der Waals surface area (Å²) in [7, 11) is 0. The number of hydrogen-bond acceptors (Lipinski definition) is 5. The molecule has 0 bridgehead atoms. The third-order valence-corrected chi connectivity index (χ3v) is 2.80. The number of carbonyl (C=O) groups excluding carboxylic acids is 1. The van der Waals surface area contributed by atoms with Gasteiger partial charge in [-0.15, -0.1) is 17.7 Å². The van der Waals surface area contributed by atoms with Crippen LogP contribution < -0.4 is 5.32 Å². The first-order chi connectivity index (χ1) is 8.66. The van der Waals surface area contributed by atoms with E-state index in [0.717, 1.165) is 5.56 Å². The Kier molecular flexibility index (Phi) is 3.93. The third kappa shape index (κ3) is 3.07. The second-order valence-electron chi connectivity index (χ2n) is 3.84. The second kappa shape index (κ2) is 5.63. The van der Waals surface area contributed by atoms with Gasteiger partial charge >= 0.3 is 0 Å². The van der Waals surface area contributed by atoms with Gasteiger partial charge in [0.25, 0.3) is 0 Å². The quantitative estimate of drug-likeness (QED) is 0.802. The molecule has 0 saturated heterocycles. The van der Waals surface area contributed by atoms with Gasteiger partial charge < -0.3 is 5.32 Å². The normalized spacial score (nSPS) is 12.1. The van der Waals surface area contributed by atoms with Crippen LogP contribution in [0.2, 0.25) is 0 Å². The Morgan fingerprint density at radius 2 is 2.17 bits per heavy atom. The van der Waals surface area contributed by atoms with E-state index in [-0.39, 0.29) is 18.5 Å². The van der Waals surface area contributed by atoms with Gasteiger partial charge in [-0.25, -0.2) is 4.68 Å². The first kappa shape index (κ1) is 12.6. The molecule has 1 atom stereocenters. The monoisotopic (exact) mass is 263 g/mol. The summed E-state index contributed by atoms with van der Waals surface area (Å²) < 4.78 is 1.33. The highest BCUT2D eigenvalue weighted by molar-refractivity contribution is 7.80. The topological polar surface area (TPSA) is 72.7 Å². The molecule has 1 unspecified atom stereocenters. The van der Waals surface area contributed by atoms with Gasteiger partial charge in [-0.1, -0.05) is 30.3 Å². The Labute approximate surface area is 110 Å². The van der Waals surface area contributed by atoms with E-state index < -0.39 is 0 Å². The molecule has 1 aromatic carbocycles. The average Bonchev–Trinajstić information content (AvgIpc) is 2.76. The fourth-order valence-corrected chi connectivity index (χ4v) is 1.70. The lowest BCUT2D eigenvalue weighted by molar-refractivity contribution is -0.122. The molecule has 1 aromatic heterocycles. The Morgan fingerprint density at radius 3 is 2.78 bits per heavy atom. The smallest absolute Gasteiger partial charge is 0.242 e. The van der Waals surface area contributed by atoms with E-state index in [2.05, 4.69) is 33.5 Å². The van der Waals surface area contributed by atoms with Crippen LogP contribution in [-0.4, -0.2) is 26.1 Å². The predicted octanol–water partition coefficient (Wildman–Crippen LogP) is 0.839. The van der Waals surface area contributed by atoms with Crippen LogP contribution in [0.5, 0.6) is 0 Å². The molecule has 0 aliphatic heterocycles. The molecule has 6 nitrogen and oxygen atoms in total. The summed E-state index contributed by atoms with van der Waals surface area (Å²) in [6, 6.07) is 9.68. The van der Waals surface area contributed by atoms with Crippen LogP contribution >= 0.6 is 12.6 Å². The number of amides is 1. The summed E-state index contributed by atoms with van der Waals surface area (Å²) in [5, 5.41) is 13.9. The van der Waals surface area contributed by atoms with Gasteiger partial charge in [0.2, 0.25) is 11.1 Å².